The molecule has 0 spiro atoms. The number of morpholine rings is 1. The average molecular weight is 222 g/mol. The Morgan fingerprint density at radius 2 is 2.06 bits per heavy atom. The average Bonchev–Trinajstić information content (AvgIpc) is 2.30. The molecule has 1 aliphatic rings. The summed E-state index contributed by atoms with van der Waals surface area (Å²) < 4.78 is 5.29. The van der Waals surface area contributed by atoms with Gasteiger partial charge in [-0.25, -0.2) is 0 Å². The molecule has 1 heterocycles. The number of ether oxygens (including phenoxy) is 1. The summed E-state index contributed by atoms with van der Waals surface area (Å²) in [6, 6.07) is 6.13. The number of nitro benzene ring substituents is 1. The van der Waals surface area contributed by atoms with Gasteiger partial charge in [-0.15, -0.1) is 0 Å². The Kier molecular flexibility index (Phi) is 2.82. The zero-order chi connectivity index (χ0) is 11.5. The SMILES string of the molecule is O=C1COC(c2ccc([N+](=O)[O-])cc2)CN1. The van der Waals surface area contributed by atoms with Gasteiger partial charge >= 0.3 is 0 Å². The second-order valence-electron chi connectivity index (χ2n) is 3.45. The van der Waals surface area contributed by atoms with E-state index in [4.69, 9.17) is 4.74 Å². The van der Waals surface area contributed by atoms with E-state index in [-0.39, 0.29) is 24.3 Å². The van der Waals surface area contributed by atoms with E-state index in [0.717, 1.165) is 5.56 Å². The Morgan fingerprint density at radius 3 is 2.56 bits per heavy atom. The van der Waals surface area contributed by atoms with Crippen LogP contribution in [0.3, 0.4) is 0 Å². The van der Waals surface area contributed by atoms with E-state index in [2.05, 4.69) is 5.32 Å². The fraction of sp³-hybridized carbons (Fsp3) is 0.300. The molecule has 1 fully saturated rings. The van der Waals surface area contributed by atoms with Crippen molar-refractivity contribution in [3.8, 4) is 0 Å². The highest BCUT2D eigenvalue weighted by Crippen LogP contribution is 2.21. The highest BCUT2D eigenvalue weighted by Gasteiger charge is 2.20. The summed E-state index contributed by atoms with van der Waals surface area (Å²) in [4.78, 5) is 20.9. The first-order valence-corrected chi connectivity index (χ1v) is 4.79. The molecule has 0 saturated carbocycles. The van der Waals surface area contributed by atoms with Crippen LogP contribution in [0.2, 0.25) is 0 Å². The van der Waals surface area contributed by atoms with Crippen LogP contribution in [-0.2, 0) is 9.53 Å². The predicted octanol–water partition coefficient (Wildman–Crippen LogP) is 0.782. The molecule has 0 radical (unpaired) electrons. The molecule has 6 heteroatoms. The van der Waals surface area contributed by atoms with Crippen LogP contribution < -0.4 is 5.32 Å². The quantitative estimate of drug-likeness (QED) is 0.592. The van der Waals surface area contributed by atoms with E-state index >= 15 is 0 Å². The number of nitro groups is 1. The normalized spacial score (nSPS) is 20.2. The largest absolute Gasteiger partial charge is 0.362 e. The van der Waals surface area contributed by atoms with Crippen LogP contribution in [0.5, 0.6) is 0 Å². The fourth-order valence-electron chi connectivity index (χ4n) is 1.52. The lowest BCUT2D eigenvalue weighted by molar-refractivity contribution is -0.384. The van der Waals surface area contributed by atoms with Gasteiger partial charge in [-0.3, -0.25) is 14.9 Å². The third kappa shape index (κ3) is 2.17. The maximum atomic E-state index is 10.9. The summed E-state index contributed by atoms with van der Waals surface area (Å²) in [7, 11) is 0. The van der Waals surface area contributed by atoms with Gasteiger partial charge in [0, 0.05) is 18.7 Å². The smallest absolute Gasteiger partial charge is 0.269 e. The molecule has 16 heavy (non-hydrogen) atoms. The first-order valence-electron chi connectivity index (χ1n) is 4.79. The molecular weight excluding hydrogens is 212 g/mol. The Hall–Kier alpha value is -1.95. The number of hydrogen-bond donors (Lipinski definition) is 1. The first-order chi connectivity index (χ1) is 7.66. The van der Waals surface area contributed by atoms with E-state index in [9.17, 15) is 14.9 Å². The zero-order valence-corrected chi connectivity index (χ0v) is 8.38. The van der Waals surface area contributed by atoms with Gasteiger partial charge in [-0.2, -0.15) is 0 Å². The molecule has 0 bridgehead atoms. The van der Waals surface area contributed by atoms with Crippen LogP contribution in [-0.4, -0.2) is 24.0 Å². The molecule has 1 N–H and O–H groups in total. The van der Waals surface area contributed by atoms with Gasteiger partial charge in [-0.05, 0) is 17.7 Å². The molecule has 1 aliphatic heterocycles. The van der Waals surface area contributed by atoms with Gasteiger partial charge < -0.3 is 10.1 Å². The summed E-state index contributed by atoms with van der Waals surface area (Å²) >= 11 is 0. The number of non-ortho nitro benzene ring substituents is 1. The van der Waals surface area contributed by atoms with Crippen molar-refractivity contribution in [2.75, 3.05) is 13.2 Å². The number of carbonyl (C=O) groups excluding carboxylic acids is 1. The van der Waals surface area contributed by atoms with Crippen LogP contribution in [0.1, 0.15) is 11.7 Å². The molecule has 1 atom stereocenters. The van der Waals surface area contributed by atoms with Gasteiger partial charge in [0.15, 0.2) is 0 Å². The van der Waals surface area contributed by atoms with Crippen LogP contribution in [0, 0.1) is 10.1 Å². The number of benzene rings is 1. The molecule has 1 aromatic carbocycles. The number of nitrogens with zero attached hydrogens (tertiary/aromatic N) is 1. The zero-order valence-electron chi connectivity index (χ0n) is 8.38. The summed E-state index contributed by atoms with van der Waals surface area (Å²) in [5.41, 5.74) is 0.870. The van der Waals surface area contributed by atoms with E-state index in [1.54, 1.807) is 12.1 Å². The van der Waals surface area contributed by atoms with Gasteiger partial charge in [0.2, 0.25) is 5.91 Å². The molecule has 84 valence electrons. The second-order valence-corrected chi connectivity index (χ2v) is 3.45. The fourth-order valence-corrected chi connectivity index (χ4v) is 1.52. The minimum Gasteiger partial charge on any atom is -0.362 e. The summed E-state index contributed by atoms with van der Waals surface area (Å²) in [6.45, 7) is 0.429. The van der Waals surface area contributed by atoms with Crippen LogP contribution in [0.25, 0.3) is 0 Å². The Morgan fingerprint density at radius 1 is 1.38 bits per heavy atom. The Labute approximate surface area is 91.4 Å². The molecule has 1 aromatic rings. The Bertz CT molecular complexity index is 405. The third-order valence-electron chi connectivity index (χ3n) is 2.38. The predicted molar refractivity (Wildman–Crippen MR) is 54.8 cm³/mol. The molecule has 0 aromatic heterocycles. The van der Waals surface area contributed by atoms with Crippen molar-refractivity contribution in [1.82, 2.24) is 5.32 Å². The molecule has 6 nitrogen and oxygen atoms in total. The summed E-state index contributed by atoms with van der Waals surface area (Å²) in [5.74, 6) is -0.141. The molecular formula is C10H10N2O4. The lowest BCUT2D eigenvalue weighted by atomic mass is 10.1. The van der Waals surface area contributed by atoms with Crippen molar-refractivity contribution >= 4 is 11.6 Å². The summed E-state index contributed by atoms with van der Waals surface area (Å²) in [5, 5.41) is 13.1. The molecule has 2 rings (SSSR count). The standard InChI is InChI=1S/C10H10N2O4/c13-10-6-16-9(5-11-10)7-1-3-8(4-2-7)12(14)15/h1-4,9H,5-6H2,(H,11,13). The van der Waals surface area contributed by atoms with Crippen molar-refractivity contribution < 1.29 is 14.5 Å². The minimum atomic E-state index is -0.451. The van der Waals surface area contributed by atoms with E-state index < -0.39 is 4.92 Å². The maximum Gasteiger partial charge on any atom is 0.269 e. The van der Waals surface area contributed by atoms with Gasteiger partial charge in [-0.1, -0.05) is 0 Å². The minimum absolute atomic E-state index is 0.0294. The van der Waals surface area contributed by atoms with E-state index in [1.807, 2.05) is 0 Å². The van der Waals surface area contributed by atoms with Crippen molar-refractivity contribution in [2.45, 2.75) is 6.10 Å². The maximum absolute atomic E-state index is 10.9. The number of hydrogen-bond acceptors (Lipinski definition) is 4. The summed E-state index contributed by atoms with van der Waals surface area (Å²) in [6.07, 6.45) is -0.224. The van der Waals surface area contributed by atoms with Crippen LogP contribution >= 0.6 is 0 Å². The van der Waals surface area contributed by atoms with Gasteiger partial charge in [0.05, 0.1) is 4.92 Å². The van der Waals surface area contributed by atoms with E-state index in [1.165, 1.54) is 12.1 Å². The number of amides is 1. The van der Waals surface area contributed by atoms with Crippen LogP contribution in [0.15, 0.2) is 24.3 Å². The number of rotatable bonds is 2. The molecule has 1 amide bonds. The number of nitrogens with one attached hydrogen (secondary N) is 1. The van der Waals surface area contributed by atoms with Crippen molar-refractivity contribution in [2.24, 2.45) is 0 Å². The highest BCUT2D eigenvalue weighted by molar-refractivity contribution is 5.77. The molecule has 0 aliphatic carbocycles. The first kappa shape index (κ1) is 10.6. The lowest BCUT2D eigenvalue weighted by Gasteiger charge is -2.23. The van der Waals surface area contributed by atoms with Crippen molar-refractivity contribution in [3.63, 3.8) is 0 Å². The van der Waals surface area contributed by atoms with Gasteiger partial charge in [0.1, 0.15) is 12.7 Å². The Balaban J connectivity index is 2.10. The lowest BCUT2D eigenvalue weighted by Crippen LogP contribution is -2.38. The highest BCUT2D eigenvalue weighted by atomic mass is 16.6. The van der Waals surface area contributed by atoms with Crippen molar-refractivity contribution in [3.05, 3.63) is 39.9 Å². The molecule has 1 saturated heterocycles. The van der Waals surface area contributed by atoms with E-state index in [0.29, 0.717) is 6.54 Å². The second kappa shape index (κ2) is 4.28. The number of carbonyl (C=O) groups is 1. The van der Waals surface area contributed by atoms with Gasteiger partial charge in [0.25, 0.3) is 5.69 Å². The van der Waals surface area contributed by atoms with Crippen molar-refractivity contribution in [1.29, 1.82) is 0 Å². The third-order valence-corrected chi connectivity index (χ3v) is 2.38. The van der Waals surface area contributed by atoms with Crippen LogP contribution in [0.4, 0.5) is 5.69 Å². The topological polar surface area (TPSA) is 81.5 Å². The molecule has 1 unspecified atom stereocenters. The monoisotopic (exact) mass is 222 g/mol.